The number of hydrogen-bond acceptors (Lipinski definition) is 5. The van der Waals surface area contributed by atoms with Gasteiger partial charge in [-0.2, -0.15) is 13.9 Å². The minimum absolute atomic E-state index is 0.00942. The number of nitrogens with one attached hydrogen (secondary N) is 2. The van der Waals surface area contributed by atoms with E-state index >= 15 is 0 Å². The smallest absolute Gasteiger partial charge is 0.387 e. The van der Waals surface area contributed by atoms with Crippen LogP contribution in [0.25, 0.3) is 27.9 Å². The summed E-state index contributed by atoms with van der Waals surface area (Å²) in [7, 11) is 0. The molecule has 0 saturated heterocycles. The van der Waals surface area contributed by atoms with E-state index < -0.39 is 12.2 Å². The second-order valence-electron chi connectivity index (χ2n) is 7.49. The van der Waals surface area contributed by atoms with E-state index in [9.17, 15) is 13.6 Å². The quantitative estimate of drug-likeness (QED) is 0.547. The molecule has 3 aromatic heterocycles. The lowest BCUT2D eigenvalue weighted by Crippen LogP contribution is -2.40. The molecule has 0 aliphatic heterocycles. The van der Waals surface area contributed by atoms with Gasteiger partial charge in [0, 0.05) is 23.2 Å². The zero-order chi connectivity index (χ0) is 20.8. The van der Waals surface area contributed by atoms with Crippen molar-refractivity contribution in [2.45, 2.75) is 32.9 Å². The molecular formula is C19H18F2N6O2. The molecule has 3 heterocycles. The molecule has 29 heavy (non-hydrogen) atoms. The molecule has 0 unspecified atom stereocenters. The first-order valence-corrected chi connectivity index (χ1v) is 8.81. The van der Waals surface area contributed by atoms with Crippen LogP contribution in [0.3, 0.4) is 0 Å². The van der Waals surface area contributed by atoms with Crippen molar-refractivity contribution in [1.82, 2.24) is 30.0 Å². The van der Waals surface area contributed by atoms with E-state index in [0.717, 1.165) is 0 Å². The van der Waals surface area contributed by atoms with Crippen molar-refractivity contribution in [2.75, 3.05) is 0 Å². The van der Waals surface area contributed by atoms with Gasteiger partial charge in [0.1, 0.15) is 11.3 Å². The fourth-order valence-electron chi connectivity index (χ4n) is 2.92. The number of carbonyl (C=O) groups is 1. The van der Waals surface area contributed by atoms with E-state index in [1.807, 2.05) is 20.8 Å². The minimum atomic E-state index is -2.93. The second kappa shape index (κ2) is 6.80. The van der Waals surface area contributed by atoms with Gasteiger partial charge in [0.05, 0.1) is 23.5 Å². The van der Waals surface area contributed by atoms with Crippen LogP contribution in [-0.4, -0.2) is 42.8 Å². The van der Waals surface area contributed by atoms with E-state index in [2.05, 4.69) is 30.1 Å². The molecular weight excluding hydrogens is 382 g/mol. The highest BCUT2D eigenvalue weighted by atomic mass is 19.3. The van der Waals surface area contributed by atoms with Gasteiger partial charge < -0.3 is 15.0 Å². The lowest BCUT2D eigenvalue weighted by Gasteiger charge is -2.20. The Labute approximate surface area is 163 Å². The summed E-state index contributed by atoms with van der Waals surface area (Å²) in [6.07, 6.45) is 4.61. The van der Waals surface area contributed by atoms with Gasteiger partial charge in [0.25, 0.3) is 5.91 Å². The third kappa shape index (κ3) is 3.73. The summed E-state index contributed by atoms with van der Waals surface area (Å²) in [5.41, 5.74) is 1.29. The Kier molecular flexibility index (Phi) is 4.40. The SMILES string of the molecule is CC(C)(C)NC(=O)c1c[nH]c2ncc(-n3ncc4ccc(OC(F)F)cc43)nc12. The molecule has 4 rings (SSSR count). The number of fused-ring (bicyclic) bond motifs is 2. The van der Waals surface area contributed by atoms with Crippen molar-refractivity contribution in [1.29, 1.82) is 0 Å². The largest absolute Gasteiger partial charge is 0.435 e. The average molecular weight is 400 g/mol. The summed E-state index contributed by atoms with van der Waals surface area (Å²) < 4.78 is 31.0. The van der Waals surface area contributed by atoms with Crippen molar-refractivity contribution in [3.05, 3.63) is 42.4 Å². The van der Waals surface area contributed by atoms with Crippen LogP contribution in [0, 0.1) is 0 Å². The van der Waals surface area contributed by atoms with Gasteiger partial charge >= 0.3 is 6.61 Å². The molecule has 4 aromatic rings. The summed E-state index contributed by atoms with van der Waals surface area (Å²) in [4.78, 5) is 24.3. The first-order valence-electron chi connectivity index (χ1n) is 8.81. The predicted molar refractivity (Wildman–Crippen MR) is 102 cm³/mol. The van der Waals surface area contributed by atoms with E-state index in [-0.39, 0.29) is 11.7 Å². The summed E-state index contributed by atoms with van der Waals surface area (Å²) in [5.74, 6) is 0.0643. The molecule has 0 aliphatic rings. The molecule has 2 N–H and O–H groups in total. The number of hydrogen-bond donors (Lipinski definition) is 2. The Bertz CT molecular complexity index is 1210. The summed E-state index contributed by atoms with van der Waals surface area (Å²) >= 11 is 0. The Morgan fingerprint density at radius 2 is 2.07 bits per heavy atom. The molecule has 150 valence electrons. The Morgan fingerprint density at radius 1 is 1.28 bits per heavy atom. The molecule has 0 atom stereocenters. The lowest BCUT2D eigenvalue weighted by atomic mass is 10.1. The standard InChI is InChI=1S/C19H18F2N6O2/c1-19(2,3)26-17(28)12-8-22-16-15(12)25-14(9-23-16)27-13-6-11(29-18(20)21)5-4-10(13)7-24-27/h4-9,18H,1-3H3,(H,22,23)(H,26,28). The van der Waals surface area contributed by atoms with Crippen LogP contribution in [0.2, 0.25) is 0 Å². The minimum Gasteiger partial charge on any atom is -0.435 e. The average Bonchev–Trinajstić information content (AvgIpc) is 3.22. The third-order valence-corrected chi connectivity index (χ3v) is 4.09. The van der Waals surface area contributed by atoms with Gasteiger partial charge in [-0.15, -0.1) is 0 Å². The van der Waals surface area contributed by atoms with Gasteiger partial charge in [-0.1, -0.05) is 0 Å². The van der Waals surface area contributed by atoms with E-state index in [1.54, 1.807) is 18.5 Å². The molecule has 0 fully saturated rings. The van der Waals surface area contributed by atoms with Crippen molar-refractivity contribution in [3.8, 4) is 11.6 Å². The number of ether oxygens (including phenoxy) is 1. The maximum absolute atomic E-state index is 12.6. The monoisotopic (exact) mass is 400 g/mol. The first-order chi connectivity index (χ1) is 13.7. The Balaban J connectivity index is 1.78. The van der Waals surface area contributed by atoms with E-state index in [0.29, 0.717) is 33.4 Å². The summed E-state index contributed by atoms with van der Waals surface area (Å²) in [6, 6.07) is 4.52. The fraction of sp³-hybridized carbons (Fsp3) is 0.263. The summed E-state index contributed by atoms with van der Waals surface area (Å²) in [6.45, 7) is 2.72. The molecule has 10 heteroatoms. The van der Waals surface area contributed by atoms with Gasteiger partial charge in [0.2, 0.25) is 0 Å². The number of alkyl halides is 2. The van der Waals surface area contributed by atoms with Crippen LogP contribution >= 0.6 is 0 Å². The maximum atomic E-state index is 12.6. The lowest BCUT2D eigenvalue weighted by molar-refractivity contribution is -0.0497. The number of carbonyl (C=O) groups excluding carboxylic acids is 1. The van der Waals surface area contributed by atoms with E-state index in [1.165, 1.54) is 23.0 Å². The predicted octanol–water partition coefficient (Wildman–Crippen LogP) is 3.43. The van der Waals surface area contributed by atoms with Crippen LogP contribution in [0.1, 0.15) is 31.1 Å². The second-order valence-corrected chi connectivity index (χ2v) is 7.49. The number of halogens is 2. The highest BCUT2D eigenvalue weighted by Crippen LogP contribution is 2.25. The Hall–Kier alpha value is -3.56. The van der Waals surface area contributed by atoms with Gasteiger partial charge in [-0.25, -0.2) is 14.6 Å². The maximum Gasteiger partial charge on any atom is 0.387 e. The fourth-order valence-corrected chi connectivity index (χ4v) is 2.92. The molecule has 0 saturated carbocycles. The number of nitrogens with zero attached hydrogens (tertiary/aromatic N) is 4. The zero-order valence-electron chi connectivity index (χ0n) is 15.9. The number of amides is 1. The normalized spacial score (nSPS) is 12.1. The van der Waals surface area contributed by atoms with Crippen molar-refractivity contribution in [2.24, 2.45) is 0 Å². The molecule has 8 nitrogen and oxygen atoms in total. The highest BCUT2D eigenvalue weighted by molar-refractivity contribution is 6.04. The van der Waals surface area contributed by atoms with Crippen LogP contribution in [0.4, 0.5) is 8.78 Å². The number of rotatable bonds is 4. The van der Waals surface area contributed by atoms with Crippen LogP contribution in [-0.2, 0) is 0 Å². The third-order valence-electron chi connectivity index (χ3n) is 4.09. The molecule has 1 aromatic carbocycles. The van der Waals surface area contributed by atoms with Gasteiger partial charge in [0.15, 0.2) is 11.5 Å². The molecule has 1 amide bonds. The van der Waals surface area contributed by atoms with Crippen molar-refractivity contribution >= 4 is 28.0 Å². The topological polar surface area (TPSA) is 97.7 Å². The number of aromatic amines is 1. The number of aromatic nitrogens is 5. The molecule has 0 bridgehead atoms. The van der Waals surface area contributed by atoms with Gasteiger partial charge in [-0.3, -0.25) is 4.79 Å². The number of H-pyrrole nitrogens is 1. The highest BCUT2D eigenvalue weighted by Gasteiger charge is 2.20. The van der Waals surface area contributed by atoms with Crippen LogP contribution in [0.5, 0.6) is 5.75 Å². The molecule has 0 spiro atoms. The van der Waals surface area contributed by atoms with Crippen LogP contribution in [0.15, 0.2) is 36.8 Å². The van der Waals surface area contributed by atoms with E-state index in [4.69, 9.17) is 0 Å². The summed E-state index contributed by atoms with van der Waals surface area (Å²) in [5, 5.41) is 7.87. The zero-order valence-corrected chi connectivity index (χ0v) is 15.9. The van der Waals surface area contributed by atoms with Crippen molar-refractivity contribution < 1.29 is 18.3 Å². The molecule has 0 radical (unpaired) electrons. The molecule has 0 aliphatic carbocycles. The van der Waals surface area contributed by atoms with Crippen molar-refractivity contribution in [3.63, 3.8) is 0 Å². The first kappa shape index (κ1) is 18.8. The number of benzene rings is 1. The van der Waals surface area contributed by atoms with Gasteiger partial charge in [-0.05, 0) is 32.9 Å². The van der Waals surface area contributed by atoms with Crippen LogP contribution < -0.4 is 10.1 Å². The Morgan fingerprint density at radius 3 is 2.79 bits per heavy atom.